The number of nitrogens with zero attached hydrogens (tertiary/aromatic N) is 3. The standard InChI is InChI=1S/C10H15N3O2S2/c1-5-15-10(14)12-8(16-4)11-9-13(3)7(2)6-17-9/h6H,5H2,1-4H3/b11-9+,12-8+. The molecule has 0 saturated carbocycles. The number of aliphatic imine (C=N–C) groups is 1. The predicted octanol–water partition coefficient (Wildman–Crippen LogP) is 2.17. The second kappa shape index (κ2) is 6.61. The Kier molecular flexibility index (Phi) is 5.43. The van der Waals surface area contributed by atoms with E-state index in [0.717, 1.165) is 10.5 Å². The number of amides is 1. The van der Waals surface area contributed by atoms with Gasteiger partial charge in [-0.3, -0.25) is 0 Å². The maximum atomic E-state index is 11.2. The van der Waals surface area contributed by atoms with E-state index in [1.165, 1.54) is 23.1 Å². The number of carbonyl (C=O) groups excluding carboxylic acids is 1. The van der Waals surface area contributed by atoms with Crippen molar-refractivity contribution in [3.05, 3.63) is 15.9 Å². The van der Waals surface area contributed by atoms with Crippen molar-refractivity contribution in [2.24, 2.45) is 17.0 Å². The number of carbonyl (C=O) groups is 1. The van der Waals surface area contributed by atoms with Crippen LogP contribution in [0.5, 0.6) is 0 Å². The number of ether oxygens (including phenoxy) is 1. The highest BCUT2D eigenvalue weighted by atomic mass is 32.2. The van der Waals surface area contributed by atoms with Crippen LogP contribution in [0.3, 0.4) is 0 Å². The van der Waals surface area contributed by atoms with Crippen LogP contribution >= 0.6 is 23.1 Å². The van der Waals surface area contributed by atoms with Crippen molar-refractivity contribution in [2.45, 2.75) is 13.8 Å². The van der Waals surface area contributed by atoms with Crippen molar-refractivity contribution in [1.82, 2.24) is 4.57 Å². The number of rotatable bonds is 1. The summed E-state index contributed by atoms with van der Waals surface area (Å²) in [6.07, 6.45) is 1.22. The third kappa shape index (κ3) is 4.01. The summed E-state index contributed by atoms with van der Waals surface area (Å²) < 4.78 is 6.69. The molecular weight excluding hydrogens is 258 g/mol. The van der Waals surface area contributed by atoms with Crippen LogP contribution in [0.25, 0.3) is 0 Å². The Morgan fingerprint density at radius 2 is 2.35 bits per heavy atom. The molecule has 0 fully saturated rings. The largest absolute Gasteiger partial charge is 0.448 e. The van der Waals surface area contributed by atoms with E-state index >= 15 is 0 Å². The number of hydrogen-bond donors (Lipinski definition) is 0. The molecule has 94 valence electrons. The molecule has 0 atom stereocenters. The zero-order valence-corrected chi connectivity index (χ0v) is 11.9. The zero-order chi connectivity index (χ0) is 12.8. The molecule has 7 heteroatoms. The molecule has 1 rings (SSSR count). The Labute approximate surface area is 108 Å². The normalized spacial score (nSPS) is 12.9. The fourth-order valence-corrected chi connectivity index (χ4v) is 2.26. The predicted molar refractivity (Wildman–Crippen MR) is 71.6 cm³/mol. The van der Waals surface area contributed by atoms with Crippen LogP contribution in [0.1, 0.15) is 12.6 Å². The SMILES string of the molecule is CCOC(=O)/N=C(\N=c1\scc(C)n1C)SC. The van der Waals surface area contributed by atoms with E-state index in [2.05, 4.69) is 9.98 Å². The molecule has 1 aromatic heterocycles. The van der Waals surface area contributed by atoms with Crippen LogP contribution in [-0.2, 0) is 11.8 Å². The second-order valence-corrected chi connectivity index (χ2v) is 4.74. The summed E-state index contributed by atoms with van der Waals surface area (Å²) in [6, 6.07) is 0. The summed E-state index contributed by atoms with van der Waals surface area (Å²) in [5.74, 6) is 0. The van der Waals surface area contributed by atoms with Gasteiger partial charge in [0.1, 0.15) is 0 Å². The minimum absolute atomic E-state index is 0.315. The van der Waals surface area contributed by atoms with E-state index in [0.29, 0.717) is 11.8 Å². The van der Waals surface area contributed by atoms with Crippen molar-refractivity contribution in [1.29, 1.82) is 0 Å². The van der Waals surface area contributed by atoms with Gasteiger partial charge in [0.25, 0.3) is 0 Å². The molecule has 0 saturated heterocycles. The van der Waals surface area contributed by atoms with Crippen LogP contribution in [0.2, 0.25) is 0 Å². The Morgan fingerprint density at radius 1 is 1.65 bits per heavy atom. The molecular formula is C10H15N3O2S2. The third-order valence-electron chi connectivity index (χ3n) is 1.98. The quantitative estimate of drug-likeness (QED) is 0.582. The maximum absolute atomic E-state index is 11.2. The summed E-state index contributed by atoms with van der Waals surface area (Å²) in [5, 5.41) is 2.40. The van der Waals surface area contributed by atoms with Gasteiger partial charge in [-0.15, -0.1) is 16.3 Å². The van der Waals surface area contributed by atoms with E-state index in [1.807, 2.05) is 30.2 Å². The van der Waals surface area contributed by atoms with Crippen molar-refractivity contribution in [3.8, 4) is 0 Å². The highest BCUT2D eigenvalue weighted by Gasteiger charge is 2.03. The van der Waals surface area contributed by atoms with Crippen LogP contribution < -0.4 is 4.80 Å². The molecule has 0 N–H and O–H groups in total. The number of thioether (sulfide) groups is 1. The fraction of sp³-hybridized carbons (Fsp3) is 0.500. The molecule has 0 aliphatic heterocycles. The third-order valence-corrected chi connectivity index (χ3v) is 3.56. The first-order chi connectivity index (χ1) is 8.08. The van der Waals surface area contributed by atoms with Gasteiger partial charge in [-0.05, 0) is 20.1 Å². The Balaban J connectivity index is 3.01. The van der Waals surface area contributed by atoms with Gasteiger partial charge < -0.3 is 9.30 Å². The topological polar surface area (TPSA) is 55.9 Å². The lowest BCUT2D eigenvalue weighted by Gasteiger charge is -1.98. The minimum Gasteiger partial charge on any atom is -0.448 e. The van der Waals surface area contributed by atoms with Crippen molar-refractivity contribution >= 4 is 34.4 Å². The summed E-state index contributed by atoms with van der Waals surface area (Å²) in [6.45, 7) is 4.05. The van der Waals surface area contributed by atoms with Crippen LogP contribution in [0.4, 0.5) is 4.79 Å². The smallest absolute Gasteiger partial charge is 0.436 e. The van der Waals surface area contributed by atoms with E-state index in [1.54, 1.807) is 6.92 Å². The molecule has 0 aromatic carbocycles. The summed E-state index contributed by atoms with van der Waals surface area (Å²) in [5.41, 5.74) is 1.12. The van der Waals surface area contributed by atoms with E-state index in [9.17, 15) is 4.79 Å². The molecule has 0 aliphatic carbocycles. The van der Waals surface area contributed by atoms with Crippen LogP contribution in [-0.4, -0.2) is 28.7 Å². The molecule has 0 bridgehead atoms. The number of aryl methyl sites for hydroxylation is 1. The monoisotopic (exact) mass is 273 g/mol. The van der Waals surface area contributed by atoms with Crippen molar-refractivity contribution in [3.63, 3.8) is 0 Å². The van der Waals surface area contributed by atoms with Crippen LogP contribution in [0, 0.1) is 6.92 Å². The first kappa shape index (κ1) is 14.0. The number of amidine groups is 1. The molecule has 1 amide bonds. The minimum atomic E-state index is -0.600. The Bertz CT molecular complexity index is 488. The van der Waals surface area contributed by atoms with Crippen LogP contribution in [0.15, 0.2) is 15.4 Å². The highest BCUT2D eigenvalue weighted by molar-refractivity contribution is 8.13. The van der Waals surface area contributed by atoms with Gasteiger partial charge in [0.2, 0.25) is 0 Å². The van der Waals surface area contributed by atoms with Gasteiger partial charge in [0.15, 0.2) is 9.97 Å². The van der Waals surface area contributed by atoms with Gasteiger partial charge in [-0.1, -0.05) is 11.8 Å². The summed E-state index contributed by atoms with van der Waals surface area (Å²) in [7, 11) is 1.92. The van der Waals surface area contributed by atoms with Gasteiger partial charge >= 0.3 is 6.09 Å². The van der Waals surface area contributed by atoms with Gasteiger partial charge in [-0.25, -0.2) is 4.79 Å². The van der Waals surface area contributed by atoms with E-state index in [4.69, 9.17) is 4.74 Å². The molecule has 0 aliphatic rings. The van der Waals surface area contributed by atoms with Crippen molar-refractivity contribution < 1.29 is 9.53 Å². The molecule has 1 aromatic rings. The lowest BCUT2D eigenvalue weighted by Crippen LogP contribution is -2.14. The number of hydrogen-bond acceptors (Lipinski definition) is 4. The van der Waals surface area contributed by atoms with E-state index in [-0.39, 0.29) is 0 Å². The molecule has 0 radical (unpaired) electrons. The Morgan fingerprint density at radius 3 is 2.82 bits per heavy atom. The highest BCUT2D eigenvalue weighted by Crippen LogP contribution is 2.03. The Hall–Kier alpha value is -1.08. The van der Waals surface area contributed by atoms with Gasteiger partial charge in [0, 0.05) is 18.1 Å². The molecule has 5 nitrogen and oxygen atoms in total. The second-order valence-electron chi connectivity index (χ2n) is 3.13. The first-order valence-electron chi connectivity index (χ1n) is 5.03. The van der Waals surface area contributed by atoms with Gasteiger partial charge in [0.05, 0.1) is 6.61 Å². The number of thiazole rings is 1. The first-order valence-corrected chi connectivity index (χ1v) is 7.14. The molecule has 0 spiro atoms. The summed E-state index contributed by atoms with van der Waals surface area (Å²) >= 11 is 2.82. The zero-order valence-electron chi connectivity index (χ0n) is 10.3. The lowest BCUT2D eigenvalue weighted by molar-refractivity contribution is 0.163. The molecule has 17 heavy (non-hydrogen) atoms. The average molecular weight is 273 g/mol. The molecule has 0 unspecified atom stereocenters. The van der Waals surface area contributed by atoms with Gasteiger partial charge in [-0.2, -0.15) is 4.99 Å². The number of aromatic nitrogens is 1. The maximum Gasteiger partial charge on any atom is 0.436 e. The lowest BCUT2D eigenvalue weighted by atomic mass is 10.6. The fourth-order valence-electron chi connectivity index (χ4n) is 0.980. The van der Waals surface area contributed by atoms with Crippen molar-refractivity contribution in [2.75, 3.05) is 12.9 Å². The average Bonchev–Trinajstić information content (AvgIpc) is 2.60. The summed E-state index contributed by atoms with van der Waals surface area (Å²) in [4.78, 5) is 20.1. The van der Waals surface area contributed by atoms with E-state index < -0.39 is 6.09 Å². The molecule has 1 heterocycles.